The highest BCUT2D eigenvalue weighted by Crippen LogP contribution is 2.13. The molecule has 1 unspecified atom stereocenters. The number of hydrogen-bond donors (Lipinski definition) is 2. The van der Waals surface area contributed by atoms with Crippen LogP contribution in [0.15, 0.2) is 4.99 Å². The zero-order chi connectivity index (χ0) is 17.1. The SMILES string of the molecule is CCCCC(CC)CN=C(N)NC1CCN(C(=O)OCC)CC1.I. The Hall–Kier alpha value is -0.730. The van der Waals surface area contributed by atoms with Crippen LogP contribution in [0.2, 0.25) is 0 Å². The van der Waals surface area contributed by atoms with E-state index in [0.717, 1.165) is 25.8 Å². The Kier molecular flexibility index (Phi) is 13.1. The lowest BCUT2D eigenvalue weighted by atomic mass is 10.00. The fourth-order valence-electron chi connectivity index (χ4n) is 2.82. The zero-order valence-corrected chi connectivity index (χ0v) is 17.8. The molecule has 0 aliphatic carbocycles. The third-order valence-corrected chi connectivity index (χ3v) is 4.44. The third kappa shape index (κ3) is 8.94. The molecule has 1 saturated heterocycles. The first-order valence-electron chi connectivity index (χ1n) is 9.08. The van der Waals surface area contributed by atoms with Crippen LogP contribution < -0.4 is 11.1 Å². The van der Waals surface area contributed by atoms with Gasteiger partial charge in [-0.15, -0.1) is 24.0 Å². The summed E-state index contributed by atoms with van der Waals surface area (Å²) in [4.78, 5) is 17.9. The topological polar surface area (TPSA) is 80.0 Å². The predicted molar refractivity (Wildman–Crippen MR) is 110 cm³/mol. The van der Waals surface area contributed by atoms with E-state index in [-0.39, 0.29) is 30.1 Å². The van der Waals surface area contributed by atoms with Crippen LogP contribution in [0.25, 0.3) is 0 Å². The minimum Gasteiger partial charge on any atom is -0.450 e. The highest BCUT2D eigenvalue weighted by atomic mass is 127. The van der Waals surface area contributed by atoms with Crippen molar-refractivity contribution in [3.8, 4) is 0 Å². The average molecular weight is 454 g/mol. The van der Waals surface area contributed by atoms with Crippen LogP contribution >= 0.6 is 24.0 Å². The summed E-state index contributed by atoms with van der Waals surface area (Å²) in [7, 11) is 0. The van der Waals surface area contributed by atoms with Gasteiger partial charge in [-0.05, 0) is 32.1 Å². The molecule has 3 N–H and O–H groups in total. The van der Waals surface area contributed by atoms with Crippen LogP contribution in [-0.4, -0.2) is 49.2 Å². The molecule has 142 valence electrons. The van der Waals surface area contributed by atoms with Crippen LogP contribution in [0, 0.1) is 5.92 Å². The molecule has 0 aromatic carbocycles. The van der Waals surface area contributed by atoms with Crippen LogP contribution in [0.5, 0.6) is 0 Å². The van der Waals surface area contributed by atoms with Crippen LogP contribution in [-0.2, 0) is 4.74 Å². The average Bonchev–Trinajstić information content (AvgIpc) is 2.56. The summed E-state index contributed by atoms with van der Waals surface area (Å²) in [6.45, 7) is 8.90. The van der Waals surface area contributed by atoms with Gasteiger partial charge in [-0.25, -0.2) is 4.79 Å². The maximum atomic E-state index is 11.7. The van der Waals surface area contributed by atoms with Crippen molar-refractivity contribution in [2.24, 2.45) is 16.6 Å². The number of nitrogens with zero attached hydrogens (tertiary/aromatic N) is 2. The highest BCUT2D eigenvalue weighted by Gasteiger charge is 2.23. The molecule has 1 heterocycles. The van der Waals surface area contributed by atoms with E-state index in [1.54, 1.807) is 4.90 Å². The molecule has 1 atom stereocenters. The minimum absolute atomic E-state index is 0. The number of unbranched alkanes of at least 4 members (excludes halogenated alkanes) is 1. The van der Waals surface area contributed by atoms with E-state index in [9.17, 15) is 4.79 Å². The molecule has 0 aromatic rings. The number of carbonyl (C=O) groups excluding carboxylic acids is 1. The summed E-state index contributed by atoms with van der Waals surface area (Å²) in [5.74, 6) is 1.16. The number of rotatable bonds is 8. The van der Waals surface area contributed by atoms with Gasteiger partial charge in [0.1, 0.15) is 0 Å². The largest absolute Gasteiger partial charge is 0.450 e. The molecule has 1 amide bonds. The Bertz CT molecular complexity index is 372. The van der Waals surface area contributed by atoms with Gasteiger partial charge in [-0.1, -0.05) is 33.1 Å². The molecule has 6 nitrogen and oxygen atoms in total. The van der Waals surface area contributed by atoms with E-state index in [4.69, 9.17) is 10.5 Å². The molecule has 7 heteroatoms. The number of amides is 1. The van der Waals surface area contributed by atoms with Gasteiger partial charge >= 0.3 is 6.09 Å². The van der Waals surface area contributed by atoms with E-state index in [2.05, 4.69) is 24.2 Å². The molecule has 1 rings (SSSR count). The number of hydrogen-bond acceptors (Lipinski definition) is 3. The Labute approximate surface area is 164 Å². The molecular weight excluding hydrogens is 419 g/mol. The third-order valence-electron chi connectivity index (χ3n) is 4.44. The number of nitrogens with two attached hydrogens (primary N) is 1. The Morgan fingerprint density at radius 1 is 1.33 bits per heavy atom. The molecule has 1 aliphatic rings. The van der Waals surface area contributed by atoms with Gasteiger partial charge in [-0.3, -0.25) is 4.99 Å². The van der Waals surface area contributed by atoms with Crippen molar-refractivity contribution in [2.45, 2.75) is 65.3 Å². The standard InChI is InChI=1S/C17H34N4O2.HI/c1-4-7-8-14(5-2)13-19-16(18)20-15-9-11-21(12-10-15)17(22)23-6-3;/h14-15H,4-13H2,1-3H3,(H3,18,19,20);1H. The quantitative estimate of drug-likeness (QED) is 0.335. The number of ether oxygens (including phenoxy) is 1. The second kappa shape index (κ2) is 13.5. The van der Waals surface area contributed by atoms with E-state index in [1.165, 1.54) is 19.3 Å². The minimum atomic E-state index is -0.214. The van der Waals surface area contributed by atoms with Gasteiger partial charge in [0.2, 0.25) is 0 Å². The lowest BCUT2D eigenvalue weighted by Crippen LogP contribution is -2.48. The highest BCUT2D eigenvalue weighted by molar-refractivity contribution is 14.0. The number of guanidine groups is 1. The smallest absolute Gasteiger partial charge is 0.409 e. The first kappa shape index (κ1) is 23.3. The first-order valence-corrected chi connectivity index (χ1v) is 9.08. The van der Waals surface area contributed by atoms with Gasteiger partial charge in [0.25, 0.3) is 0 Å². The summed E-state index contributed by atoms with van der Waals surface area (Å²) < 4.78 is 5.03. The summed E-state index contributed by atoms with van der Waals surface area (Å²) in [5.41, 5.74) is 6.01. The van der Waals surface area contributed by atoms with Crippen molar-refractivity contribution in [3.05, 3.63) is 0 Å². The fourth-order valence-corrected chi connectivity index (χ4v) is 2.82. The van der Waals surface area contributed by atoms with Gasteiger partial charge in [-0.2, -0.15) is 0 Å². The summed E-state index contributed by atoms with van der Waals surface area (Å²) in [5, 5.41) is 3.29. The van der Waals surface area contributed by atoms with E-state index < -0.39 is 0 Å². The van der Waals surface area contributed by atoms with Gasteiger partial charge in [0.05, 0.1) is 6.61 Å². The Balaban J connectivity index is 0.00000529. The molecule has 0 radical (unpaired) electrons. The van der Waals surface area contributed by atoms with Crippen LogP contribution in [0.4, 0.5) is 4.79 Å². The first-order chi connectivity index (χ1) is 11.1. The van der Waals surface area contributed by atoms with Crippen LogP contribution in [0.1, 0.15) is 59.3 Å². The van der Waals surface area contributed by atoms with E-state index in [1.807, 2.05) is 6.92 Å². The molecule has 0 spiro atoms. The molecule has 1 fully saturated rings. The maximum absolute atomic E-state index is 11.7. The number of halogens is 1. The van der Waals surface area contributed by atoms with Crippen molar-refractivity contribution >= 4 is 36.0 Å². The summed E-state index contributed by atoms with van der Waals surface area (Å²) in [6.07, 6.45) is 6.40. The second-order valence-electron chi connectivity index (χ2n) is 6.25. The van der Waals surface area contributed by atoms with E-state index >= 15 is 0 Å². The van der Waals surface area contributed by atoms with E-state index in [0.29, 0.717) is 37.6 Å². The maximum Gasteiger partial charge on any atom is 0.409 e. The number of carbonyl (C=O) groups is 1. The number of aliphatic imine (C=N–C) groups is 1. The van der Waals surface area contributed by atoms with Gasteiger partial charge < -0.3 is 20.7 Å². The monoisotopic (exact) mass is 454 g/mol. The number of likely N-dealkylation sites (tertiary alicyclic amines) is 1. The normalized spacial score (nSPS) is 17.1. The molecular formula is C17H35IN4O2. The number of nitrogens with one attached hydrogen (secondary N) is 1. The number of piperidine rings is 1. The molecule has 1 aliphatic heterocycles. The predicted octanol–water partition coefficient (Wildman–Crippen LogP) is 3.35. The van der Waals surface area contributed by atoms with Crippen molar-refractivity contribution in [1.29, 1.82) is 0 Å². The summed E-state index contributed by atoms with van der Waals surface area (Å²) in [6, 6.07) is 0.292. The lowest BCUT2D eigenvalue weighted by molar-refractivity contribution is 0.0963. The second-order valence-corrected chi connectivity index (χ2v) is 6.25. The molecule has 24 heavy (non-hydrogen) atoms. The molecule has 0 bridgehead atoms. The molecule has 0 aromatic heterocycles. The fraction of sp³-hybridized carbons (Fsp3) is 0.882. The van der Waals surface area contributed by atoms with Crippen molar-refractivity contribution in [1.82, 2.24) is 10.2 Å². The van der Waals surface area contributed by atoms with Gasteiger partial charge in [0.15, 0.2) is 5.96 Å². The zero-order valence-electron chi connectivity index (χ0n) is 15.4. The van der Waals surface area contributed by atoms with Gasteiger partial charge in [0, 0.05) is 25.7 Å². The summed E-state index contributed by atoms with van der Waals surface area (Å²) >= 11 is 0. The van der Waals surface area contributed by atoms with Crippen LogP contribution in [0.3, 0.4) is 0 Å². The Morgan fingerprint density at radius 2 is 2.00 bits per heavy atom. The molecule has 0 saturated carbocycles. The van der Waals surface area contributed by atoms with Crippen molar-refractivity contribution in [2.75, 3.05) is 26.2 Å². The lowest BCUT2D eigenvalue weighted by Gasteiger charge is -2.31. The van der Waals surface area contributed by atoms with Crippen molar-refractivity contribution < 1.29 is 9.53 Å². The van der Waals surface area contributed by atoms with Crippen molar-refractivity contribution in [3.63, 3.8) is 0 Å². The Morgan fingerprint density at radius 3 is 2.54 bits per heavy atom.